The first-order valence-corrected chi connectivity index (χ1v) is 7.16. The molecule has 0 saturated carbocycles. The summed E-state index contributed by atoms with van der Waals surface area (Å²) in [6.07, 6.45) is 8.10. The Kier molecular flexibility index (Phi) is 4.09. The summed E-state index contributed by atoms with van der Waals surface area (Å²) in [5, 5.41) is 10.7. The van der Waals surface area contributed by atoms with Crippen molar-refractivity contribution in [1.82, 2.24) is 24.9 Å². The van der Waals surface area contributed by atoms with Gasteiger partial charge in [0.2, 0.25) is 0 Å². The van der Waals surface area contributed by atoms with Crippen LogP contribution in [0, 0.1) is 0 Å². The van der Waals surface area contributed by atoms with Gasteiger partial charge in [-0.1, -0.05) is 11.3 Å². The molecule has 7 heteroatoms. The van der Waals surface area contributed by atoms with E-state index in [4.69, 9.17) is 0 Å². The maximum Gasteiger partial charge on any atom is 0.323 e. The Bertz CT molecular complexity index is 570. The second-order valence-corrected chi connectivity index (χ2v) is 5.10. The van der Waals surface area contributed by atoms with Crippen molar-refractivity contribution in [2.75, 3.05) is 18.4 Å². The van der Waals surface area contributed by atoms with Crippen LogP contribution in [0.3, 0.4) is 0 Å². The van der Waals surface area contributed by atoms with Crippen molar-refractivity contribution in [2.24, 2.45) is 0 Å². The zero-order valence-corrected chi connectivity index (χ0v) is 11.7. The van der Waals surface area contributed by atoms with Crippen LogP contribution in [0.5, 0.6) is 0 Å². The number of urea groups is 1. The van der Waals surface area contributed by atoms with Gasteiger partial charge in [-0.25, -0.2) is 14.5 Å². The molecule has 1 N–H and O–H groups in total. The van der Waals surface area contributed by atoms with Crippen LogP contribution in [0.25, 0.3) is 0 Å². The van der Waals surface area contributed by atoms with E-state index in [2.05, 4.69) is 20.6 Å². The number of anilines is 1. The Morgan fingerprint density at radius 1 is 1.24 bits per heavy atom. The van der Waals surface area contributed by atoms with Crippen LogP contribution in [-0.4, -0.2) is 44.0 Å². The zero-order chi connectivity index (χ0) is 14.5. The van der Waals surface area contributed by atoms with E-state index in [1.165, 1.54) is 0 Å². The van der Waals surface area contributed by atoms with Crippen molar-refractivity contribution in [2.45, 2.75) is 25.3 Å². The molecule has 1 aliphatic rings. The summed E-state index contributed by atoms with van der Waals surface area (Å²) in [6.45, 7) is 1.47. The molecule has 7 nitrogen and oxygen atoms in total. The molecule has 1 atom stereocenters. The number of rotatable bonds is 2. The van der Waals surface area contributed by atoms with Crippen molar-refractivity contribution in [3.63, 3.8) is 0 Å². The Morgan fingerprint density at radius 2 is 2.19 bits per heavy atom. The Balaban J connectivity index is 1.58. The van der Waals surface area contributed by atoms with Gasteiger partial charge < -0.3 is 4.90 Å². The highest BCUT2D eigenvalue weighted by molar-refractivity contribution is 5.88. The number of hydrogen-bond acceptors (Lipinski definition) is 4. The Morgan fingerprint density at radius 3 is 2.95 bits per heavy atom. The molecule has 1 fully saturated rings. The average molecular weight is 286 g/mol. The molecule has 110 valence electrons. The van der Waals surface area contributed by atoms with Gasteiger partial charge in [0.05, 0.1) is 12.2 Å². The van der Waals surface area contributed by atoms with E-state index in [0.717, 1.165) is 25.8 Å². The molecule has 2 aromatic heterocycles. The Hall–Kier alpha value is -2.44. The highest BCUT2D eigenvalue weighted by atomic mass is 16.2. The van der Waals surface area contributed by atoms with Crippen LogP contribution in [0.1, 0.15) is 25.3 Å². The minimum Gasteiger partial charge on any atom is -0.324 e. The molecule has 3 heterocycles. The van der Waals surface area contributed by atoms with Crippen LogP contribution in [0.2, 0.25) is 0 Å². The highest BCUT2D eigenvalue weighted by Gasteiger charge is 2.22. The maximum absolute atomic E-state index is 12.3. The van der Waals surface area contributed by atoms with Crippen molar-refractivity contribution >= 4 is 11.8 Å². The summed E-state index contributed by atoms with van der Waals surface area (Å²) in [4.78, 5) is 18.2. The standard InChI is InChI=1S/C14H18N6O/c21-14(17-13-5-1-2-7-15-13)19-9-3-4-12(6-10-19)20-11-8-16-18-20/h1-2,5,7-8,11-12H,3-4,6,9-10H2,(H,15,17,21). The van der Waals surface area contributed by atoms with Gasteiger partial charge in [0.1, 0.15) is 5.82 Å². The lowest BCUT2D eigenvalue weighted by Gasteiger charge is -2.20. The number of pyridine rings is 1. The molecular formula is C14H18N6O. The van der Waals surface area contributed by atoms with E-state index < -0.39 is 0 Å². The van der Waals surface area contributed by atoms with Gasteiger partial charge in [-0.3, -0.25) is 5.32 Å². The van der Waals surface area contributed by atoms with Crippen LogP contribution >= 0.6 is 0 Å². The van der Waals surface area contributed by atoms with Gasteiger partial charge >= 0.3 is 6.03 Å². The van der Waals surface area contributed by atoms with Crippen molar-refractivity contribution in [3.8, 4) is 0 Å². The first kappa shape index (κ1) is 13.5. The summed E-state index contributed by atoms with van der Waals surface area (Å²) in [6, 6.07) is 5.69. The maximum atomic E-state index is 12.3. The number of likely N-dealkylation sites (tertiary alicyclic amines) is 1. The van der Waals surface area contributed by atoms with Gasteiger partial charge in [0, 0.05) is 25.5 Å². The predicted molar refractivity (Wildman–Crippen MR) is 77.7 cm³/mol. The van der Waals surface area contributed by atoms with E-state index in [9.17, 15) is 4.79 Å². The van der Waals surface area contributed by atoms with Crippen molar-refractivity contribution in [1.29, 1.82) is 0 Å². The number of nitrogens with one attached hydrogen (secondary N) is 1. The molecule has 0 spiro atoms. The Labute approximate surface area is 123 Å². The average Bonchev–Trinajstić information content (AvgIpc) is 2.93. The van der Waals surface area contributed by atoms with Gasteiger partial charge in [-0.2, -0.15) is 0 Å². The normalized spacial score (nSPS) is 19.0. The molecule has 1 aliphatic heterocycles. The number of carbonyl (C=O) groups excluding carboxylic acids is 1. The lowest BCUT2D eigenvalue weighted by atomic mass is 10.1. The second-order valence-electron chi connectivity index (χ2n) is 5.10. The summed E-state index contributed by atoms with van der Waals surface area (Å²) in [5.74, 6) is 0.583. The summed E-state index contributed by atoms with van der Waals surface area (Å²) >= 11 is 0. The van der Waals surface area contributed by atoms with E-state index in [1.54, 1.807) is 18.5 Å². The van der Waals surface area contributed by atoms with E-state index >= 15 is 0 Å². The first-order chi connectivity index (χ1) is 10.3. The van der Waals surface area contributed by atoms with Crippen LogP contribution in [0.4, 0.5) is 10.6 Å². The summed E-state index contributed by atoms with van der Waals surface area (Å²) in [5.41, 5.74) is 0. The largest absolute Gasteiger partial charge is 0.324 e. The van der Waals surface area contributed by atoms with E-state index in [0.29, 0.717) is 18.4 Å². The summed E-state index contributed by atoms with van der Waals surface area (Å²) < 4.78 is 1.89. The highest BCUT2D eigenvalue weighted by Crippen LogP contribution is 2.21. The van der Waals surface area contributed by atoms with Gasteiger partial charge in [0.25, 0.3) is 0 Å². The van der Waals surface area contributed by atoms with Crippen molar-refractivity contribution < 1.29 is 4.79 Å². The molecule has 1 saturated heterocycles. The fourth-order valence-electron chi connectivity index (χ4n) is 2.58. The molecule has 0 aliphatic carbocycles. The topological polar surface area (TPSA) is 75.9 Å². The third kappa shape index (κ3) is 3.36. The number of aromatic nitrogens is 4. The smallest absolute Gasteiger partial charge is 0.323 e. The fourth-order valence-corrected chi connectivity index (χ4v) is 2.58. The lowest BCUT2D eigenvalue weighted by molar-refractivity contribution is 0.213. The molecule has 3 rings (SSSR count). The third-order valence-corrected chi connectivity index (χ3v) is 3.70. The predicted octanol–water partition coefficient (Wildman–Crippen LogP) is 1.93. The van der Waals surface area contributed by atoms with E-state index in [1.807, 2.05) is 27.9 Å². The van der Waals surface area contributed by atoms with Crippen LogP contribution in [0.15, 0.2) is 36.8 Å². The molecular weight excluding hydrogens is 268 g/mol. The minimum atomic E-state index is -0.0899. The molecule has 21 heavy (non-hydrogen) atoms. The van der Waals surface area contributed by atoms with Crippen LogP contribution < -0.4 is 5.32 Å². The molecule has 0 radical (unpaired) electrons. The fraction of sp³-hybridized carbons (Fsp3) is 0.429. The molecule has 1 unspecified atom stereocenters. The van der Waals surface area contributed by atoms with Crippen LogP contribution in [-0.2, 0) is 0 Å². The number of hydrogen-bond donors (Lipinski definition) is 1. The molecule has 2 amide bonds. The number of amides is 2. The quantitative estimate of drug-likeness (QED) is 0.915. The monoisotopic (exact) mass is 286 g/mol. The SMILES string of the molecule is O=C(Nc1ccccn1)N1CCCC(n2ccnn2)CC1. The molecule has 0 aromatic carbocycles. The minimum absolute atomic E-state index is 0.0899. The van der Waals surface area contributed by atoms with E-state index in [-0.39, 0.29) is 6.03 Å². The molecule has 0 bridgehead atoms. The third-order valence-electron chi connectivity index (χ3n) is 3.70. The van der Waals surface area contributed by atoms with Gasteiger partial charge in [-0.05, 0) is 31.4 Å². The molecule has 2 aromatic rings. The van der Waals surface area contributed by atoms with Gasteiger partial charge in [0.15, 0.2) is 0 Å². The lowest BCUT2D eigenvalue weighted by Crippen LogP contribution is -2.36. The van der Waals surface area contributed by atoms with Crippen molar-refractivity contribution in [3.05, 3.63) is 36.8 Å². The van der Waals surface area contributed by atoms with Gasteiger partial charge in [-0.15, -0.1) is 5.10 Å². The summed E-state index contributed by atoms with van der Waals surface area (Å²) in [7, 11) is 0. The zero-order valence-electron chi connectivity index (χ0n) is 11.7. The first-order valence-electron chi connectivity index (χ1n) is 7.16. The number of carbonyl (C=O) groups is 1. The number of nitrogens with zero attached hydrogens (tertiary/aromatic N) is 5. The second kappa shape index (κ2) is 6.34.